The van der Waals surface area contributed by atoms with Crippen LogP contribution in [-0.4, -0.2) is 19.0 Å². The third-order valence-corrected chi connectivity index (χ3v) is 1.22. The first-order chi connectivity index (χ1) is 2.97. The smallest absolute Gasteiger partial charge is 0.184 e. The van der Waals surface area contributed by atoms with E-state index in [4.69, 9.17) is 9.47 Å². The van der Waals surface area contributed by atoms with Gasteiger partial charge in [0.25, 0.3) is 0 Å². The summed E-state index contributed by atoms with van der Waals surface area (Å²) in [5.74, 6) is 0. The second kappa shape index (κ2) is 0.768. The van der Waals surface area contributed by atoms with Crippen LogP contribution in [0.25, 0.3) is 0 Å². The fraction of sp³-hybridized carbons (Fsp3) is 1.00. The van der Waals surface area contributed by atoms with Gasteiger partial charge in [0.1, 0.15) is 6.10 Å². The van der Waals surface area contributed by atoms with Crippen molar-refractivity contribution < 1.29 is 9.47 Å². The first-order valence-electron chi connectivity index (χ1n) is 2.24. The molecular formula is C4H6O2. The van der Waals surface area contributed by atoms with E-state index in [1.165, 1.54) is 0 Å². The Balaban J connectivity index is 2.09. The van der Waals surface area contributed by atoms with Crippen molar-refractivity contribution in [1.82, 2.24) is 0 Å². The van der Waals surface area contributed by atoms with Crippen molar-refractivity contribution >= 4 is 0 Å². The molecule has 0 bridgehead atoms. The average molecular weight is 86.1 g/mol. The minimum atomic E-state index is 0.213. The van der Waals surface area contributed by atoms with Gasteiger partial charge in [-0.1, -0.05) is 0 Å². The first-order valence-corrected chi connectivity index (χ1v) is 2.24. The van der Waals surface area contributed by atoms with Gasteiger partial charge in [-0.05, 0) is 0 Å². The van der Waals surface area contributed by atoms with Gasteiger partial charge in [-0.2, -0.15) is 0 Å². The summed E-state index contributed by atoms with van der Waals surface area (Å²) in [5.41, 5.74) is 0. The third kappa shape index (κ3) is 0.235. The number of ether oxygens (including phenoxy) is 2. The van der Waals surface area contributed by atoms with Gasteiger partial charge in [0, 0.05) is 6.42 Å². The van der Waals surface area contributed by atoms with Gasteiger partial charge in [0.05, 0.1) is 6.61 Å². The van der Waals surface area contributed by atoms with Crippen LogP contribution in [0.15, 0.2) is 0 Å². The molecule has 0 amide bonds. The summed E-state index contributed by atoms with van der Waals surface area (Å²) in [7, 11) is 0. The second-order valence-electron chi connectivity index (χ2n) is 1.70. The lowest BCUT2D eigenvalue weighted by Gasteiger charge is -1.85. The molecule has 1 unspecified atom stereocenters. The lowest BCUT2D eigenvalue weighted by molar-refractivity contribution is 0.0489. The highest BCUT2D eigenvalue weighted by Crippen LogP contribution is 2.32. The highest BCUT2D eigenvalue weighted by Gasteiger charge is 2.44. The van der Waals surface area contributed by atoms with E-state index in [0.29, 0.717) is 6.10 Å². The van der Waals surface area contributed by atoms with E-state index in [2.05, 4.69) is 0 Å². The number of hydrogen-bond donors (Lipinski definition) is 0. The van der Waals surface area contributed by atoms with Crippen molar-refractivity contribution in [2.45, 2.75) is 18.8 Å². The summed E-state index contributed by atoms with van der Waals surface area (Å²) in [4.78, 5) is 0. The molecule has 0 aliphatic carbocycles. The number of fused-ring (bicyclic) bond motifs is 1. The van der Waals surface area contributed by atoms with Gasteiger partial charge in [-0.15, -0.1) is 0 Å². The van der Waals surface area contributed by atoms with E-state index in [1.807, 2.05) is 0 Å². The molecule has 2 nitrogen and oxygen atoms in total. The lowest BCUT2D eigenvalue weighted by Crippen LogP contribution is -1.86. The van der Waals surface area contributed by atoms with Crippen LogP contribution < -0.4 is 0 Å². The van der Waals surface area contributed by atoms with Crippen molar-refractivity contribution in [3.05, 3.63) is 0 Å². The Morgan fingerprint density at radius 2 is 2.50 bits per heavy atom. The van der Waals surface area contributed by atoms with Crippen LogP contribution in [0.2, 0.25) is 0 Å². The molecule has 0 saturated carbocycles. The Bertz CT molecular complexity index is 63.9. The van der Waals surface area contributed by atoms with Gasteiger partial charge >= 0.3 is 0 Å². The molecule has 2 saturated heterocycles. The molecule has 0 aromatic heterocycles. The van der Waals surface area contributed by atoms with Crippen molar-refractivity contribution in [2.24, 2.45) is 0 Å². The second-order valence-corrected chi connectivity index (χ2v) is 1.70. The Kier molecular flexibility index (Phi) is 0.383. The van der Waals surface area contributed by atoms with E-state index in [1.54, 1.807) is 0 Å². The minimum Gasteiger partial charge on any atom is -0.350 e. The fourth-order valence-corrected chi connectivity index (χ4v) is 0.778. The van der Waals surface area contributed by atoms with E-state index in [-0.39, 0.29) is 6.29 Å². The van der Waals surface area contributed by atoms with Gasteiger partial charge in [0.15, 0.2) is 6.29 Å². The molecule has 2 rings (SSSR count). The zero-order valence-corrected chi connectivity index (χ0v) is 3.39. The predicted octanol–water partition coefficient (Wildman–Crippen LogP) is 0.132. The van der Waals surface area contributed by atoms with E-state index in [0.717, 1.165) is 13.0 Å². The molecule has 2 heterocycles. The van der Waals surface area contributed by atoms with E-state index >= 15 is 0 Å². The lowest BCUT2D eigenvalue weighted by atomic mass is 10.4. The van der Waals surface area contributed by atoms with E-state index in [9.17, 15) is 0 Å². The fourth-order valence-electron chi connectivity index (χ4n) is 0.778. The Hall–Kier alpha value is -0.0800. The number of hydrogen-bond acceptors (Lipinski definition) is 2. The molecule has 2 atom stereocenters. The monoisotopic (exact) mass is 86.0 g/mol. The maximum absolute atomic E-state index is 5.00. The maximum Gasteiger partial charge on any atom is 0.184 e. The Morgan fingerprint density at radius 3 is 2.67 bits per heavy atom. The van der Waals surface area contributed by atoms with E-state index < -0.39 is 0 Å². The highest BCUT2D eigenvalue weighted by atomic mass is 16.8. The molecule has 0 N–H and O–H groups in total. The summed E-state index contributed by atoms with van der Waals surface area (Å²) in [5, 5.41) is 0. The summed E-state index contributed by atoms with van der Waals surface area (Å²) in [6.45, 7) is 0.912. The minimum absolute atomic E-state index is 0.213. The van der Waals surface area contributed by atoms with Crippen LogP contribution in [0.1, 0.15) is 6.42 Å². The molecule has 2 aliphatic heterocycles. The third-order valence-electron chi connectivity index (χ3n) is 1.22. The summed E-state index contributed by atoms with van der Waals surface area (Å²) in [6.07, 6.45) is 1.82. The molecule has 0 aromatic rings. The number of epoxide rings is 1. The molecule has 2 fully saturated rings. The molecule has 2 aliphatic rings. The molecule has 6 heavy (non-hydrogen) atoms. The molecule has 34 valence electrons. The van der Waals surface area contributed by atoms with Crippen LogP contribution in [0.5, 0.6) is 0 Å². The van der Waals surface area contributed by atoms with Gasteiger partial charge in [-0.3, -0.25) is 0 Å². The zero-order valence-electron chi connectivity index (χ0n) is 3.39. The SMILES string of the molecule is C1C[C@H]2OC2O1. The van der Waals surface area contributed by atoms with Crippen molar-refractivity contribution in [1.29, 1.82) is 0 Å². The number of rotatable bonds is 0. The van der Waals surface area contributed by atoms with Crippen molar-refractivity contribution in [3.63, 3.8) is 0 Å². The predicted molar refractivity (Wildman–Crippen MR) is 19.2 cm³/mol. The summed E-state index contributed by atoms with van der Waals surface area (Å²) in [6, 6.07) is 0. The molecule has 2 heteroatoms. The highest BCUT2D eigenvalue weighted by molar-refractivity contribution is 4.81. The topological polar surface area (TPSA) is 21.8 Å². The van der Waals surface area contributed by atoms with Crippen LogP contribution in [0.4, 0.5) is 0 Å². The van der Waals surface area contributed by atoms with Gasteiger partial charge in [-0.25, -0.2) is 0 Å². The van der Waals surface area contributed by atoms with Crippen LogP contribution in [0.3, 0.4) is 0 Å². The van der Waals surface area contributed by atoms with Crippen LogP contribution >= 0.6 is 0 Å². The zero-order chi connectivity index (χ0) is 3.98. The summed E-state index contributed by atoms with van der Waals surface area (Å²) < 4.78 is 9.94. The molecule has 0 spiro atoms. The largest absolute Gasteiger partial charge is 0.350 e. The average Bonchev–Trinajstić information content (AvgIpc) is 2.17. The van der Waals surface area contributed by atoms with Crippen molar-refractivity contribution in [3.8, 4) is 0 Å². The van der Waals surface area contributed by atoms with Crippen LogP contribution in [-0.2, 0) is 9.47 Å². The standard InChI is InChI=1S/C4H6O2/c1-2-5-4-3(1)6-4/h3-4H,1-2H2/t3-,4?/m1/s1. The van der Waals surface area contributed by atoms with Gasteiger partial charge < -0.3 is 9.47 Å². The van der Waals surface area contributed by atoms with Crippen molar-refractivity contribution in [2.75, 3.05) is 6.61 Å². The molecule has 0 aromatic carbocycles. The maximum atomic E-state index is 5.00. The quantitative estimate of drug-likeness (QED) is 0.391. The molecule has 0 radical (unpaired) electrons. The van der Waals surface area contributed by atoms with Gasteiger partial charge in [0.2, 0.25) is 0 Å². The summed E-state index contributed by atoms with van der Waals surface area (Å²) >= 11 is 0. The molecular weight excluding hydrogens is 80.0 g/mol. The Labute approximate surface area is 36.0 Å². The first kappa shape index (κ1) is 2.99. The van der Waals surface area contributed by atoms with Crippen LogP contribution in [0, 0.1) is 0 Å². The Morgan fingerprint density at radius 1 is 1.50 bits per heavy atom. The normalized spacial score (nSPS) is 52.0.